The molecule has 0 spiro atoms. The Hall–Kier alpha value is -1.29. The van der Waals surface area contributed by atoms with Crippen molar-refractivity contribution < 1.29 is 9.53 Å². The molecule has 2 N–H and O–H groups in total. The fourth-order valence-electron chi connectivity index (χ4n) is 0.817. The number of amides is 1. The van der Waals surface area contributed by atoms with E-state index in [2.05, 4.69) is 23.8 Å². The Morgan fingerprint density at radius 2 is 2.21 bits per heavy atom. The third-order valence-electron chi connectivity index (χ3n) is 1.45. The first-order chi connectivity index (χ1) is 6.81. The summed E-state index contributed by atoms with van der Waals surface area (Å²) >= 11 is 0. The molecule has 1 amide bonds. The average molecular weight is 198 g/mol. The minimum atomic E-state index is -0.00884. The van der Waals surface area contributed by atoms with Crippen molar-refractivity contribution in [1.29, 1.82) is 0 Å². The topological polar surface area (TPSA) is 50.4 Å². The lowest BCUT2D eigenvalue weighted by Gasteiger charge is -2.05. The molecule has 0 aromatic heterocycles. The molecule has 80 valence electrons. The summed E-state index contributed by atoms with van der Waals surface area (Å²) < 4.78 is 4.90. The fraction of sp³-hybridized carbons (Fsp3) is 0.500. The highest BCUT2D eigenvalue weighted by molar-refractivity contribution is 5.77. The molecule has 0 aromatic carbocycles. The first-order valence-electron chi connectivity index (χ1n) is 4.62. The Morgan fingerprint density at radius 1 is 1.43 bits per heavy atom. The molecule has 0 aliphatic rings. The summed E-state index contributed by atoms with van der Waals surface area (Å²) in [7, 11) is 0. The van der Waals surface area contributed by atoms with E-state index in [0.717, 1.165) is 6.42 Å². The molecule has 0 bridgehead atoms. The molecule has 4 heteroatoms. The van der Waals surface area contributed by atoms with Crippen LogP contribution in [-0.2, 0) is 9.53 Å². The van der Waals surface area contributed by atoms with Crippen LogP contribution in [0.1, 0.15) is 6.42 Å². The Morgan fingerprint density at radius 3 is 2.86 bits per heavy atom. The third-order valence-corrected chi connectivity index (χ3v) is 1.45. The van der Waals surface area contributed by atoms with Crippen LogP contribution in [0, 0.1) is 0 Å². The number of nitrogens with one attached hydrogen (secondary N) is 2. The smallest absolute Gasteiger partial charge is 0.233 e. The van der Waals surface area contributed by atoms with Gasteiger partial charge in [0.2, 0.25) is 5.91 Å². The fourth-order valence-corrected chi connectivity index (χ4v) is 0.817. The first-order valence-corrected chi connectivity index (χ1v) is 4.62. The van der Waals surface area contributed by atoms with Crippen LogP contribution in [0.25, 0.3) is 0 Å². The highest BCUT2D eigenvalue weighted by atomic mass is 16.5. The minimum absolute atomic E-state index is 0.00884. The summed E-state index contributed by atoms with van der Waals surface area (Å²) in [6, 6.07) is 0. The molecule has 0 atom stereocenters. The molecule has 0 fully saturated rings. The standard InChI is InChI=1S/C10H18N2O2/c1-3-6-11-9-10(13)12-7-5-8-14-4-2/h3-4,11H,1-2,5-9H2,(H,12,13). The second kappa shape index (κ2) is 9.80. The van der Waals surface area contributed by atoms with Crippen LogP contribution in [0.2, 0.25) is 0 Å². The molecule has 4 nitrogen and oxygen atoms in total. The normalized spacial score (nSPS) is 9.14. The molecule has 0 unspecified atom stereocenters. The number of ether oxygens (including phenoxy) is 1. The van der Waals surface area contributed by atoms with E-state index in [0.29, 0.717) is 26.2 Å². The van der Waals surface area contributed by atoms with Crippen molar-refractivity contribution in [1.82, 2.24) is 10.6 Å². The summed E-state index contributed by atoms with van der Waals surface area (Å²) in [6.07, 6.45) is 3.90. The van der Waals surface area contributed by atoms with Gasteiger partial charge in [-0.15, -0.1) is 6.58 Å². The molecular formula is C10H18N2O2. The van der Waals surface area contributed by atoms with E-state index in [1.54, 1.807) is 6.08 Å². The second-order valence-electron chi connectivity index (χ2n) is 2.66. The van der Waals surface area contributed by atoms with Crippen LogP contribution in [0.5, 0.6) is 0 Å². The van der Waals surface area contributed by atoms with Gasteiger partial charge < -0.3 is 15.4 Å². The van der Waals surface area contributed by atoms with Crippen LogP contribution in [0.4, 0.5) is 0 Å². The molecule has 0 aliphatic carbocycles. The SMILES string of the molecule is C=CCNCC(=O)NCCCOC=C. The quantitative estimate of drug-likeness (QED) is 0.321. The van der Waals surface area contributed by atoms with Crippen LogP contribution in [0.15, 0.2) is 25.5 Å². The molecule has 0 aromatic rings. The van der Waals surface area contributed by atoms with Gasteiger partial charge in [0.15, 0.2) is 0 Å². The van der Waals surface area contributed by atoms with E-state index >= 15 is 0 Å². The van der Waals surface area contributed by atoms with Gasteiger partial charge in [-0.3, -0.25) is 4.79 Å². The van der Waals surface area contributed by atoms with Crippen LogP contribution in [0.3, 0.4) is 0 Å². The molecule has 0 heterocycles. The molecule has 0 rings (SSSR count). The summed E-state index contributed by atoms with van der Waals surface area (Å²) in [5.41, 5.74) is 0. The van der Waals surface area contributed by atoms with E-state index in [-0.39, 0.29) is 5.91 Å². The van der Waals surface area contributed by atoms with Crippen molar-refractivity contribution in [3.8, 4) is 0 Å². The molecule has 0 aliphatic heterocycles. The van der Waals surface area contributed by atoms with Crippen LogP contribution < -0.4 is 10.6 Å². The zero-order chi connectivity index (χ0) is 10.6. The van der Waals surface area contributed by atoms with E-state index in [9.17, 15) is 4.79 Å². The highest BCUT2D eigenvalue weighted by Gasteiger charge is 1.97. The molecule has 14 heavy (non-hydrogen) atoms. The van der Waals surface area contributed by atoms with Crippen molar-refractivity contribution in [3.05, 3.63) is 25.5 Å². The second-order valence-corrected chi connectivity index (χ2v) is 2.66. The van der Waals surface area contributed by atoms with Gasteiger partial charge in [-0.25, -0.2) is 0 Å². The molecule has 0 saturated carbocycles. The highest BCUT2D eigenvalue weighted by Crippen LogP contribution is 1.80. The predicted molar refractivity (Wildman–Crippen MR) is 56.8 cm³/mol. The summed E-state index contributed by atoms with van der Waals surface area (Å²) in [6.45, 7) is 9.14. The number of rotatable bonds is 9. The minimum Gasteiger partial charge on any atom is -0.502 e. The maximum absolute atomic E-state index is 11.1. The Bertz CT molecular complexity index is 181. The maximum Gasteiger partial charge on any atom is 0.233 e. The van der Waals surface area contributed by atoms with Crippen molar-refractivity contribution in [2.24, 2.45) is 0 Å². The lowest BCUT2D eigenvalue weighted by atomic mass is 10.4. The average Bonchev–Trinajstić information content (AvgIpc) is 2.18. The van der Waals surface area contributed by atoms with E-state index < -0.39 is 0 Å². The van der Waals surface area contributed by atoms with Gasteiger partial charge in [0.25, 0.3) is 0 Å². The Kier molecular flexibility index (Phi) is 8.89. The maximum atomic E-state index is 11.1. The lowest BCUT2D eigenvalue weighted by molar-refractivity contribution is -0.120. The van der Waals surface area contributed by atoms with Gasteiger partial charge in [0, 0.05) is 13.1 Å². The monoisotopic (exact) mass is 198 g/mol. The molecular weight excluding hydrogens is 180 g/mol. The summed E-state index contributed by atoms with van der Waals surface area (Å²) in [5, 5.41) is 5.66. The van der Waals surface area contributed by atoms with Gasteiger partial charge in [0.1, 0.15) is 0 Å². The Balaban J connectivity index is 3.17. The van der Waals surface area contributed by atoms with Crippen molar-refractivity contribution >= 4 is 5.91 Å². The third kappa shape index (κ3) is 8.80. The largest absolute Gasteiger partial charge is 0.502 e. The van der Waals surface area contributed by atoms with Gasteiger partial charge in [0.05, 0.1) is 19.4 Å². The van der Waals surface area contributed by atoms with Crippen molar-refractivity contribution in [2.75, 3.05) is 26.2 Å². The van der Waals surface area contributed by atoms with Crippen LogP contribution in [-0.4, -0.2) is 32.1 Å². The number of hydrogen-bond acceptors (Lipinski definition) is 3. The van der Waals surface area contributed by atoms with Gasteiger partial charge in [-0.2, -0.15) is 0 Å². The van der Waals surface area contributed by atoms with Crippen molar-refractivity contribution in [3.63, 3.8) is 0 Å². The predicted octanol–water partition coefficient (Wildman–Crippen LogP) is 0.428. The Labute approximate surface area is 85.0 Å². The van der Waals surface area contributed by atoms with Gasteiger partial charge in [-0.1, -0.05) is 12.7 Å². The number of carbonyl (C=O) groups excluding carboxylic acids is 1. The number of carbonyl (C=O) groups is 1. The van der Waals surface area contributed by atoms with E-state index in [1.807, 2.05) is 0 Å². The lowest BCUT2D eigenvalue weighted by Crippen LogP contribution is -2.34. The zero-order valence-electron chi connectivity index (χ0n) is 8.42. The first kappa shape index (κ1) is 12.7. The van der Waals surface area contributed by atoms with E-state index in [4.69, 9.17) is 4.74 Å². The van der Waals surface area contributed by atoms with E-state index in [1.165, 1.54) is 6.26 Å². The number of hydrogen-bond donors (Lipinski definition) is 2. The van der Waals surface area contributed by atoms with Gasteiger partial charge in [-0.05, 0) is 6.42 Å². The zero-order valence-corrected chi connectivity index (χ0v) is 8.42. The summed E-state index contributed by atoms with van der Waals surface area (Å²) in [5.74, 6) is -0.00884. The summed E-state index contributed by atoms with van der Waals surface area (Å²) in [4.78, 5) is 11.1. The van der Waals surface area contributed by atoms with Crippen LogP contribution >= 0.6 is 0 Å². The van der Waals surface area contributed by atoms with Gasteiger partial charge >= 0.3 is 0 Å². The molecule has 0 saturated heterocycles. The van der Waals surface area contributed by atoms with Crippen molar-refractivity contribution in [2.45, 2.75) is 6.42 Å². The molecule has 0 radical (unpaired) electrons.